The van der Waals surface area contributed by atoms with Crippen molar-refractivity contribution in [3.8, 4) is 0 Å². The van der Waals surface area contributed by atoms with Gasteiger partial charge in [0, 0.05) is 7.11 Å². The van der Waals surface area contributed by atoms with Gasteiger partial charge in [-0.3, -0.25) is 0 Å². The van der Waals surface area contributed by atoms with Gasteiger partial charge in [0.25, 0.3) is 0 Å². The first-order valence-corrected chi connectivity index (χ1v) is 8.56. The number of methoxy groups -OCH3 is 1. The van der Waals surface area contributed by atoms with Gasteiger partial charge >= 0.3 is 0 Å². The van der Waals surface area contributed by atoms with E-state index in [1.54, 1.807) is 7.11 Å². The Kier molecular flexibility index (Phi) is 16.8. The van der Waals surface area contributed by atoms with Crippen molar-refractivity contribution in [2.24, 2.45) is 0 Å². The summed E-state index contributed by atoms with van der Waals surface area (Å²) in [5, 5.41) is 9.71. The predicted molar refractivity (Wildman–Crippen MR) is 85.2 cm³/mol. The van der Waals surface area contributed by atoms with Crippen molar-refractivity contribution in [2.45, 2.75) is 83.7 Å². The first kappa shape index (κ1) is 19.9. The third-order valence-electron chi connectivity index (χ3n) is 3.63. The van der Waals surface area contributed by atoms with Gasteiger partial charge in [0.1, 0.15) is 0 Å². The van der Waals surface area contributed by atoms with Gasteiger partial charge in [0.15, 0.2) is 0 Å². The van der Waals surface area contributed by atoms with Crippen LogP contribution in [0.15, 0.2) is 0 Å². The zero-order chi connectivity index (χ0) is 14.9. The van der Waals surface area contributed by atoms with Gasteiger partial charge < -0.3 is 14.6 Å². The molecule has 0 rings (SSSR count). The second-order valence-corrected chi connectivity index (χ2v) is 5.69. The van der Waals surface area contributed by atoms with Gasteiger partial charge in [-0.05, 0) is 6.42 Å². The highest BCUT2D eigenvalue weighted by Gasteiger charge is 2.03. The number of ether oxygens (including phenoxy) is 2. The Hall–Kier alpha value is -0.120. The molecule has 20 heavy (non-hydrogen) atoms. The van der Waals surface area contributed by atoms with Crippen LogP contribution in [0, 0.1) is 0 Å². The zero-order valence-electron chi connectivity index (χ0n) is 13.7. The smallest absolute Gasteiger partial charge is 0.0773 e. The summed E-state index contributed by atoms with van der Waals surface area (Å²) < 4.78 is 10.2. The van der Waals surface area contributed by atoms with E-state index in [1.807, 2.05) is 0 Å². The minimum atomic E-state index is -0.305. The molecule has 0 fully saturated rings. The minimum absolute atomic E-state index is 0.305. The monoisotopic (exact) mass is 288 g/mol. The molecule has 122 valence electrons. The molecule has 1 unspecified atom stereocenters. The number of hydrogen-bond acceptors (Lipinski definition) is 3. The van der Waals surface area contributed by atoms with Crippen molar-refractivity contribution < 1.29 is 14.6 Å². The standard InChI is InChI=1S/C17H36O3/c1-3-4-5-6-7-8-9-10-11-12-13-17(18)16-20-15-14-19-2/h17-18H,3-16H2,1-2H3. The number of aliphatic hydroxyl groups is 1. The predicted octanol–water partition coefficient (Wildman–Crippen LogP) is 4.32. The fourth-order valence-corrected chi connectivity index (χ4v) is 2.31. The van der Waals surface area contributed by atoms with E-state index < -0.39 is 0 Å². The van der Waals surface area contributed by atoms with Crippen LogP contribution in [0.2, 0.25) is 0 Å². The average Bonchev–Trinajstić information content (AvgIpc) is 2.45. The van der Waals surface area contributed by atoms with Crippen molar-refractivity contribution >= 4 is 0 Å². The minimum Gasteiger partial charge on any atom is -0.391 e. The van der Waals surface area contributed by atoms with E-state index >= 15 is 0 Å². The van der Waals surface area contributed by atoms with Crippen LogP contribution in [0.4, 0.5) is 0 Å². The van der Waals surface area contributed by atoms with Crippen molar-refractivity contribution in [1.82, 2.24) is 0 Å². The third-order valence-corrected chi connectivity index (χ3v) is 3.63. The summed E-state index contributed by atoms with van der Waals surface area (Å²) in [6, 6.07) is 0. The fraction of sp³-hybridized carbons (Fsp3) is 1.00. The van der Waals surface area contributed by atoms with Crippen molar-refractivity contribution in [3.63, 3.8) is 0 Å². The van der Waals surface area contributed by atoms with Crippen LogP contribution in [0.5, 0.6) is 0 Å². The molecule has 0 saturated carbocycles. The van der Waals surface area contributed by atoms with E-state index in [1.165, 1.54) is 57.8 Å². The van der Waals surface area contributed by atoms with Crippen LogP contribution in [0.25, 0.3) is 0 Å². The van der Waals surface area contributed by atoms with Crippen LogP contribution in [-0.4, -0.2) is 38.1 Å². The van der Waals surface area contributed by atoms with E-state index in [-0.39, 0.29) is 6.10 Å². The molecule has 0 aromatic carbocycles. The van der Waals surface area contributed by atoms with Gasteiger partial charge in [-0.2, -0.15) is 0 Å². The highest BCUT2D eigenvalue weighted by Crippen LogP contribution is 2.12. The Morgan fingerprint density at radius 1 is 0.800 bits per heavy atom. The summed E-state index contributed by atoms with van der Waals surface area (Å²) in [4.78, 5) is 0. The molecule has 0 saturated heterocycles. The second kappa shape index (κ2) is 16.9. The molecule has 0 amide bonds. The highest BCUT2D eigenvalue weighted by molar-refractivity contribution is 4.55. The summed E-state index contributed by atoms with van der Waals surface area (Å²) in [5.41, 5.74) is 0. The molecule has 0 radical (unpaired) electrons. The normalized spacial score (nSPS) is 12.8. The van der Waals surface area contributed by atoms with E-state index in [4.69, 9.17) is 9.47 Å². The first-order valence-electron chi connectivity index (χ1n) is 8.56. The summed E-state index contributed by atoms with van der Waals surface area (Å²) in [6.07, 6.45) is 13.9. The Morgan fingerprint density at radius 2 is 1.35 bits per heavy atom. The molecule has 0 spiro atoms. The van der Waals surface area contributed by atoms with Gasteiger partial charge in [0.05, 0.1) is 25.9 Å². The largest absolute Gasteiger partial charge is 0.391 e. The first-order chi connectivity index (χ1) is 9.81. The molecule has 0 bridgehead atoms. The average molecular weight is 288 g/mol. The summed E-state index contributed by atoms with van der Waals surface area (Å²) in [6.45, 7) is 3.88. The molecular weight excluding hydrogens is 252 g/mol. The number of unbranched alkanes of at least 4 members (excludes halogenated alkanes) is 9. The van der Waals surface area contributed by atoms with Gasteiger partial charge in [-0.1, -0.05) is 71.1 Å². The number of aliphatic hydroxyl groups excluding tert-OH is 1. The second-order valence-electron chi connectivity index (χ2n) is 5.69. The van der Waals surface area contributed by atoms with Crippen LogP contribution >= 0.6 is 0 Å². The maximum atomic E-state index is 9.71. The quantitative estimate of drug-likeness (QED) is 0.430. The molecule has 0 aliphatic carbocycles. The van der Waals surface area contributed by atoms with Gasteiger partial charge in [-0.15, -0.1) is 0 Å². The lowest BCUT2D eigenvalue weighted by molar-refractivity contribution is 0.00954. The van der Waals surface area contributed by atoms with E-state index in [9.17, 15) is 5.11 Å². The summed E-state index contributed by atoms with van der Waals surface area (Å²) in [7, 11) is 1.66. The molecular formula is C17H36O3. The highest BCUT2D eigenvalue weighted by atomic mass is 16.5. The third kappa shape index (κ3) is 15.9. The molecule has 3 heteroatoms. The Balaban J connectivity index is 3.07. The lowest BCUT2D eigenvalue weighted by Gasteiger charge is -2.10. The van der Waals surface area contributed by atoms with Gasteiger partial charge in [0.2, 0.25) is 0 Å². The van der Waals surface area contributed by atoms with Crippen LogP contribution in [0.3, 0.4) is 0 Å². The lowest BCUT2D eigenvalue weighted by atomic mass is 10.0. The van der Waals surface area contributed by atoms with Crippen LogP contribution in [-0.2, 0) is 9.47 Å². The SMILES string of the molecule is CCCCCCCCCCCCC(O)COCCOC. The summed E-state index contributed by atoms with van der Waals surface area (Å²) in [5.74, 6) is 0. The Labute approximate surface area is 126 Å². The molecule has 0 aromatic rings. The Bertz CT molecular complexity index is 174. The molecule has 0 aliphatic heterocycles. The molecule has 1 atom stereocenters. The van der Waals surface area contributed by atoms with E-state index in [0.717, 1.165) is 12.8 Å². The lowest BCUT2D eigenvalue weighted by Crippen LogP contribution is -2.16. The number of hydrogen-bond donors (Lipinski definition) is 1. The fourth-order valence-electron chi connectivity index (χ4n) is 2.31. The van der Waals surface area contributed by atoms with Crippen molar-refractivity contribution in [2.75, 3.05) is 26.9 Å². The molecule has 0 heterocycles. The van der Waals surface area contributed by atoms with Crippen molar-refractivity contribution in [1.29, 1.82) is 0 Å². The zero-order valence-corrected chi connectivity index (χ0v) is 13.7. The molecule has 0 aromatic heterocycles. The maximum absolute atomic E-state index is 9.71. The maximum Gasteiger partial charge on any atom is 0.0773 e. The van der Waals surface area contributed by atoms with Gasteiger partial charge in [-0.25, -0.2) is 0 Å². The summed E-state index contributed by atoms with van der Waals surface area (Å²) >= 11 is 0. The molecule has 1 N–H and O–H groups in total. The van der Waals surface area contributed by atoms with E-state index in [2.05, 4.69) is 6.92 Å². The number of rotatable bonds is 16. The van der Waals surface area contributed by atoms with Crippen molar-refractivity contribution in [3.05, 3.63) is 0 Å². The molecule has 0 aliphatic rings. The molecule has 3 nitrogen and oxygen atoms in total. The topological polar surface area (TPSA) is 38.7 Å². The van der Waals surface area contributed by atoms with Crippen LogP contribution in [0.1, 0.15) is 77.6 Å². The Morgan fingerprint density at radius 3 is 1.90 bits per heavy atom. The van der Waals surface area contributed by atoms with E-state index in [0.29, 0.717) is 19.8 Å². The van der Waals surface area contributed by atoms with Crippen LogP contribution < -0.4 is 0 Å².